The summed E-state index contributed by atoms with van der Waals surface area (Å²) in [6, 6.07) is 10.6. The lowest BCUT2D eigenvalue weighted by molar-refractivity contribution is 0.0693. The van der Waals surface area contributed by atoms with Crippen molar-refractivity contribution in [2.24, 2.45) is 0 Å². The molecular weight excluding hydrogens is 368 g/mol. The number of hydrogen-bond donors (Lipinski definition) is 4. The number of thiocarbonyl (C=S) groups is 1. The maximum Gasteiger partial charge on any atom is 0.339 e. The molecule has 8 heteroatoms. The monoisotopic (exact) mass is 388 g/mol. The smallest absolute Gasteiger partial charge is 0.339 e. The molecule has 0 saturated carbocycles. The number of aromatic hydroxyl groups is 1. The van der Waals surface area contributed by atoms with Crippen LogP contribution in [0.4, 0.5) is 5.69 Å². The van der Waals surface area contributed by atoms with Gasteiger partial charge >= 0.3 is 5.97 Å². The van der Waals surface area contributed by atoms with Crippen molar-refractivity contribution in [2.75, 3.05) is 11.9 Å². The Morgan fingerprint density at radius 3 is 2.63 bits per heavy atom. The minimum absolute atomic E-state index is 0.0137. The molecule has 0 aliphatic rings. The van der Waals surface area contributed by atoms with Gasteiger partial charge in [0.1, 0.15) is 17.1 Å². The van der Waals surface area contributed by atoms with E-state index < -0.39 is 17.6 Å². The highest BCUT2D eigenvalue weighted by molar-refractivity contribution is 7.80. The van der Waals surface area contributed by atoms with Gasteiger partial charge in [0.2, 0.25) is 0 Å². The molecule has 142 valence electrons. The van der Waals surface area contributed by atoms with Gasteiger partial charge in [0.05, 0.1) is 6.61 Å². The zero-order chi connectivity index (χ0) is 19.8. The minimum atomic E-state index is -1.24. The lowest BCUT2D eigenvalue weighted by atomic mass is 10.2. The summed E-state index contributed by atoms with van der Waals surface area (Å²) in [5, 5.41) is 23.8. The number of unbranched alkanes of at least 4 members (excludes halogenated alkanes) is 1. The summed E-state index contributed by atoms with van der Waals surface area (Å²) in [7, 11) is 0. The van der Waals surface area contributed by atoms with E-state index in [9.17, 15) is 14.7 Å². The van der Waals surface area contributed by atoms with Gasteiger partial charge in [0, 0.05) is 17.3 Å². The summed E-state index contributed by atoms with van der Waals surface area (Å²) in [5.41, 5.74) is 0.507. The molecule has 2 aromatic rings. The van der Waals surface area contributed by atoms with Gasteiger partial charge in [-0.15, -0.1) is 0 Å². The van der Waals surface area contributed by atoms with E-state index >= 15 is 0 Å². The largest absolute Gasteiger partial charge is 0.507 e. The van der Waals surface area contributed by atoms with Crippen molar-refractivity contribution in [3.8, 4) is 11.5 Å². The molecule has 27 heavy (non-hydrogen) atoms. The lowest BCUT2D eigenvalue weighted by Gasteiger charge is -2.11. The number of rotatable bonds is 7. The number of carboxylic acids is 1. The van der Waals surface area contributed by atoms with Crippen LogP contribution in [0.2, 0.25) is 0 Å². The highest BCUT2D eigenvalue weighted by Gasteiger charge is 2.12. The average molecular weight is 388 g/mol. The molecular formula is C19H20N2O5S. The molecule has 0 fully saturated rings. The van der Waals surface area contributed by atoms with Gasteiger partial charge in [-0.25, -0.2) is 4.79 Å². The number of carbonyl (C=O) groups excluding carboxylic acids is 1. The molecule has 4 N–H and O–H groups in total. The van der Waals surface area contributed by atoms with E-state index in [1.165, 1.54) is 18.2 Å². The second-order valence-corrected chi connectivity index (χ2v) is 6.08. The molecule has 2 rings (SSSR count). The molecule has 0 unspecified atom stereocenters. The zero-order valence-corrected chi connectivity index (χ0v) is 15.5. The van der Waals surface area contributed by atoms with Crippen molar-refractivity contribution in [1.29, 1.82) is 0 Å². The topological polar surface area (TPSA) is 108 Å². The Hall–Kier alpha value is -3.13. The second kappa shape index (κ2) is 9.54. The number of anilines is 1. The molecule has 0 bridgehead atoms. The summed E-state index contributed by atoms with van der Waals surface area (Å²) < 4.78 is 5.58. The summed E-state index contributed by atoms with van der Waals surface area (Å²) in [6.45, 7) is 2.65. The number of carboxylic acid groups (broad SMARTS) is 1. The Morgan fingerprint density at radius 2 is 1.96 bits per heavy atom. The van der Waals surface area contributed by atoms with Crippen LogP contribution in [0.25, 0.3) is 0 Å². The molecule has 2 aromatic carbocycles. The lowest BCUT2D eigenvalue weighted by Crippen LogP contribution is -2.34. The fourth-order valence-corrected chi connectivity index (χ4v) is 2.40. The van der Waals surface area contributed by atoms with E-state index in [0.717, 1.165) is 12.8 Å². The summed E-state index contributed by atoms with van der Waals surface area (Å²) in [5.74, 6) is -1.46. The SMILES string of the molecule is CCCCOc1cccc(C(=O)NC(=S)Nc2ccc(C(=O)O)c(O)c2)c1. The molecule has 7 nitrogen and oxygen atoms in total. The van der Waals surface area contributed by atoms with E-state index in [0.29, 0.717) is 23.6 Å². The van der Waals surface area contributed by atoms with Crippen LogP contribution in [0.3, 0.4) is 0 Å². The zero-order valence-electron chi connectivity index (χ0n) is 14.7. The van der Waals surface area contributed by atoms with E-state index in [4.69, 9.17) is 22.1 Å². The van der Waals surface area contributed by atoms with Crippen LogP contribution < -0.4 is 15.4 Å². The van der Waals surface area contributed by atoms with Crippen molar-refractivity contribution < 1.29 is 24.5 Å². The summed E-state index contributed by atoms with van der Waals surface area (Å²) in [6.07, 6.45) is 1.95. The van der Waals surface area contributed by atoms with Crippen molar-refractivity contribution in [3.05, 3.63) is 53.6 Å². The number of aromatic carboxylic acids is 1. The first-order valence-corrected chi connectivity index (χ1v) is 8.73. The Balaban J connectivity index is 1.97. The fourth-order valence-electron chi connectivity index (χ4n) is 2.19. The normalized spacial score (nSPS) is 10.1. The van der Waals surface area contributed by atoms with Crippen molar-refractivity contribution in [1.82, 2.24) is 5.32 Å². The van der Waals surface area contributed by atoms with Crippen LogP contribution in [0.15, 0.2) is 42.5 Å². The van der Waals surface area contributed by atoms with Gasteiger partial charge in [0.15, 0.2) is 5.11 Å². The van der Waals surface area contributed by atoms with E-state index in [1.54, 1.807) is 24.3 Å². The molecule has 0 saturated heterocycles. The van der Waals surface area contributed by atoms with Gasteiger partial charge in [-0.3, -0.25) is 10.1 Å². The van der Waals surface area contributed by atoms with E-state index in [2.05, 4.69) is 17.6 Å². The highest BCUT2D eigenvalue weighted by atomic mass is 32.1. The molecule has 0 aromatic heterocycles. The predicted octanol–water partition coefficient (Wildman–Crippen LogP) is 3.40. The molecule has 0 spiro atoms. The van der Waals surface area contributed by atoms with Gasteiger partial charge in [0.25, 0.3) is 5.91 Å². The number of nitrogens with one attached hydrogen (secondary N) is 2. The summed E-state index contributed by atoms with van der Waals surface area (Å²) in [4.78, 5) is 23.2. The van der Waals surface area contributed by atoms with Crippen LogP contribution >= 0.6 is 12.2 Å². The molecule has 0 aliphatic heterocycles. The first-order chi connectivity index (χ1) is 12.9. The third-order valence-corrected chi connectivity index (χ3v) is 3.78. The number of hydrogen-bond acceptors (Lipinski definition) is 5. The number of carbonyl (C=O) groups is 2. The Morgan fingerprint density at radius 1 is 1.19 bits per heavy atom. The van der Waals surface area contributed by atoms with Crippen molar-refractivity contribution in [3.63, 3.8) is 0 Å². The maximum atomic E-state index is 12.3. The van der Waals surface area contributed by atoms with Crippen molar-refractivity contribution in [2.45, 2.75) is 19.8 Å². The standard InChI is InChI=1S/C19H20N2O5S/c1-2-3-9-26-14-6-4-5-12(10-14)17(23)21-19(27)20-13-7-8-15(18(24)25)16(22)11-13/h4-8,10-11,22H,2-3,9H2,1H3,(H,24,25)(H2,20,21,23,27). The predicted molar refractivity (Wildman–Crippen MR) is 106 cm³/mol. The fraction of sp³-hybridized carbons (Fsp3) is 0.211. The van der Waals surface area contributed by atoms with Crippen molar-refractivity contribution >= 4 is 34.9 Å². The Kier molecular flexibility index (Phi) is 7.13. The van der Waals surface area contributed by atoms with Crippen LogP contribution in [0.1, 0.15) is 40.5 Å². The molecule has 1 amide bonds. The quantitative estimate of drug-likeness (QED) is 0.425. The Labute approximate surface area is 162 Å². The summed E-state index contributed by atoms with van der Waals surface area (Å²) >= 11 is 5.09. The van der Waals surface area contributed by atoms with E-state index in [-0.39, 0.29) is 10.7 Å². The number of ether oxygens (including phenoxy) is 1. The van der Waals surface area contributed by atoms with Gasteiger partial charge < -0.3 is 20.3 Å². The van der Waals surface area contributed by atoms with Crippen LogP contribution in [-0.4, -0.2) is 33.8 Å². The molecule has 0 radical (unpaired) electrons. The average Bonchev–Trinajstić information content (AvgIpc) is 2.62. The minimum Gasteiger partial charge on any atom is -0.507 e. The van der Waals surface area contributed by atoms with Gasteiger partial charge in [-0.2, -0.15) is 0 Å². The van der Waals surface area contributed by atoms with Gasteiger partial charge in [-0.1, -0.05) is 19.4 Å². The third-order valence-electron chi connectivity index (χ3n) is 3.58. The molecule has 0 aliphatic carbocycles. The van der Waals surface area contributed by atoms with Crippen LogP contribution in [0.5, 0.6) is 11.5 Å². The highest BCUT2D eigenvalue weighted by Crippen LogP contribution is 2.22. The van der Waals surface area contributed by atoms with E-state index in [1.807, 2.05) is 0 Å². The maximum absolute atomic E-state index is 12.3. The second-order valence-electron chi connectivity index (χ2n) is 5.68. The molecule has 0 atom stereocenters. The number of benzene rings is 2. The third kappa shape index (κ3) is 5.96. The number of amides is 1. The van der Waals surface area contributed by atoms with Gasteiger partial charge in [-0.05, 0) is 49.0 Å². The molecule has 0 heterocycles. The first-order valence-electron chi connectivity index (χ1n) is 8.32. The van der Waals surface area contributed by atoms with Crippen LogP contribution in [0, 0.1) is 0 Å². The number of phenols is 1. The van der Waals surface area contributed by atoms with Crippen LogP contribution in [-0.2, 0) is 0 Å². The Bertz CT molecular complexity index is 854. The first kappa shape index (κ1) is 20.2.